The zero-order chi connectivity index (χ0) is 16.9. The minimum absolute atomic E-state index is 0.00452. The Balaban J connectivity index is 1.56. The highest BCUT2D eigenvalue weighted by Crippen LogP contribution is 2.31. The van der Waals surface area contributed by atoms with Crippen LogP contribution in [0.4, 0.5) is 4.39 Å². The van der Waals surface area contributed by atoms with Crippen LogP contribution in [0.1, 0.15) is 12.2 Å². The van der Waals surface area contributed by atoms with Gasteiger partial charge in [0, 0.05) is 25.5 Å². The highest BCUT2D eigenvalue weighted by Gasteiger charge is 2.11. The molecule has 0 bridgehead atoms. The molecule has 3 aromatic rings. The lowest BCUT2D eigenvalue weighted by Crippen LogP contribution is -2.20. The van der Waals surface area contributed by atoms with Crippen LogP contribution in [0.3, 0.4) is 0 Å². The Kier molecular flexibility index (Phi) is 4.96. The van der Waals surface area contributed by atoms with E-state index in [2.05, 4.69) is 10.00 Å². The number of phenols is 1. The third-order valence-electron chi connectivity index (χ3n) is 3.80. The molecule has 2 heterocycles. The SMILES string of the molecule is CN(CCCn1cccn1)Cc1ccc(-c2cc(F)ccc2O)o1. The maximum Gasteiger partial charge on any atom is 0.138 e. The Morgan fingerprint density at radius 3 is 2.96 bits per heavy atom. The Morgan fingerprint density at radius 2 is 2.17 bits per heavy atom. The Morgan fingerprint density at radius 1 is 1.29 bits per heavy atom. The molecule has 0 unspecified atom stereocenters. The molecule has 3 rings (SSSR count). The third kappa shape index (κ3) is 4.02. The van der Waals surface area contributed by atoms with Crippen molar-refractivity contribution in [3.8, 4) is 17.1 Å². The zero-order valence-corrected chi connectivity index (χ0v) is 13.5. The number of hydrogen-bond acceptors (Lipinski definition) is 4. The molecule has 0 aliphatic heterocycles. The van der Waals surface area contributed by atoms with E-state index < -0.39 is 5.82 Å². The van der Waals surface area contributed by atoms with Crippen molar-refractivity contribution in [2.24, 2.45) is 0 Å². The van der Waals surface area contributed by atoms with Crippen molar-refractivity contribution in [1.82, 2.24) is 14.7 Å². The van der Waals surface area contributed by atoms with Crippen molar-refractivity contribution in [3.63, 3.8) is 0 Å². The standard InChI is InChI=1S/C18H20FN3O2/c1-21(9-3-11-22-10-2-8-20-22)13-15-5-7-18(24-15)16-12-14(19)4-6-17(16)23/h2,4-8,10,12,23H,3,9,11,13H2,1H3. The van der Waals surface area contributed by atoms with E-state index in [1.54, 1.807) is 12.3 Å². The van der Waals surface area contributed by atoms with Crippen molar-refractivity contribution in [2.75, 3.05) is 13.6 Å². The van der Waals surface area contributed by atoms with Gasteiger partial charge in [0.1, 0.15) is 23.1 Å². The van der Waals surface area contributed by atoms with Gasteiger partial charge < -0.3 is 9.52 Å². The first kappa shape index (κ1) is 16.3. The highest BCUT2D eigenvalue weighted by molar-refractivity contribution is 5.65. The van der Waals surface area contributed by atoms with E-state index in [4.69, 9.17) is 4.42 Å². The van der Waals surface area contributed by atoms with Crippen molar-refractivity contribution in [1.29, 1.82) is 0 Å². The first-order valence-corrected chi connectivity index (χ1v) is 7.85. The van der Waals surface area contributed by atoms with E-state index in [1.807, 2.05) is 30.1 Å². The minimum atomic E-state index is -0.406. The quantitative estimate of drug-likeness (QED) is 0.721. The van der Waals surface area contributed by atoms with Gasteiger partial charge >= 0.3 is 0 Å². The summed E-state index contributed by atoms with van der Waals surface area (Å²) >= 11 is 0. The van der Waals surface area contributed by atoms with Crippen LogP contribution < -0.4 is 0 Å². The number of benzene rings is 1. The molecule has 0 atom stereocenters. The Hall–Kier alpha value is -2.60. The van der Waals surface area contributed by atoms with Gasteiger partial charge in [0.05, 0.1) is 12.1 Å². The summed E-state index contributed by atoms with van der Waals surface area (Å²) in [5.74, 6) is 0.837. The molecule has 0 spiro atoms. The van der Waals surface area contributed by atoms with Gasteiger partial charge in [-0.05, 0) is 49.9 Å². The van der Waals surface area contributed by atoms with E-state index in [1.165, 1.54) is 18.2 Å². The molecule has 0 aliphatic rings. The molecule has 126 valence electrons. The average molecular weight is 329 g/mol. The second kappa shape index (κ2) is 7.31. The van der Waals surface area contributed by atoms with E-state index in [-0.39, 0.29) is 5.75 Å². The number of aromatic nitrogens is 2. The van der Waals surface area contributed by atoms with Crippen LogP contribution in [0.2, 0.25) is 0 Å². The van der Waals surface area contributed by atoms with Crippen molar-refractivity contribution < 1.29 is 13.9 Å². The summed E-state index contributed by atoms with van der Waals surface area (Å²) in [4.78, 5) is 2.15. The smallest absolute Gasteiger partial charge is 0.138 e. The fourth-order valence-electron chi connectivity index (χ4n) is 2.59. The van der Waals surface area contributed by atoms with Gasteiger partial charge in [-0.1, -0.05) is 0 Å². The van der Waals surface area contributed by atoms with Gasteiger partial charge in [0.25, 0.3) is 0 Å². The van der Waals surface area contributed by atoms with Crippen LogP contribution in [0.15, 0.2) is 53.2 Å². The number of nitrogens with zero attached hydrogens (tertiary/aromatic N) is 3. The molecule has 1 aromatic carbocycles. The van der Waals surface area contributed by atoms with Crippen LogP contribution in [0.5, 0.6) is 5.75 Å². The van der Waals surface area contributed by atoms with Gasteiger partial charge in [-0.15, -0.1) is 0 Å². The predicted octanol–water partition coefficient (Wildman–Crippen LogP) is 3.51. The lowest BCUT2D eigenvalue weighted by atomic mass is 10.1. The predicted molar refractivity (Wildman–Crippen MR) is 88.9 cm³/mol. The van der Waals surface area contributed by atoms with Crippen molar-refractivity contribution >= 4 is 0 Å². The Bertz CT molecular complexity index is 783. The summed E-state index contributed by atoms with van der Waals surface area (Å²) in [6.07, 6.45) is 4.70. The van der Waals surface area contributed by atoms with E-state index >= 15 is 0 Å². The second-order valence-electron chi connectivity index (χ2n) is 5.79. The summed E-state index contributed by atoms with van der Waals surface area (Å²) in [7, 11) is 2.02. The van der Waals surface area contributed by atoms with Crippen LogP contribution >= 0.6 is 0 Å². The summed E-state index contributed by atoms with van der Waals surface area (Å²) in [6, 6.07) is 9.33. The molecule has 5 nitrogen and oxygen atoms in total. The second-order valence-corrected chi connectivity index (χ2v) is 5.79. The molecular weight excluding hydrogens is 309 g/mol. The third-order valence-corrected chi connectivity index (χ3v) is 3.80. The molecular formula is C18H20FN3O2. The normalized spacial score (nSPS) is 11.3. The van der Waals surface area contributed by atoms with E-state index in [9.17, 15) is 9.50 Å². The molecule has 1 N–H and O–H groups in total. The van der Waals surface area contributed by atoms with E-state index in [0.29, 0.717) is 17.9 Å². The number of hydrogen-bond donors (Lipinski definition) is 1. The number of rotatable bonds is 7. The van der Waals surface area contributed by atoms with Crippen LogP contribution in [0, 0.1) is 5.82 Å². The van der Waals surface area contributed by atoms with Crippen molar-refractivity contribution in [3.05, 3.63) is 60.4 Å². The summed E-state index contributed by atoms with van der Waals surface area (Å²) in [6.45, 7) is 2.42. The number of aryl methyl sites for hydroxylation is 1. The maximum absolute atomic E-state index is 13.3. The molecule has 6 heteroatoms. The number of phenolic OH excluding ortho intramolecular Hbond substituents is 1. The number of halogens is 1. The number of furan rings is 1. The summed E-state index contributed by atoms with van der Waals surface area (Å²) in [5, 5.41) is 14.0. The molecule has 2 aromatic heterocycles. The fourth-order valence-corrected chi connectivity index (χ4v) is 2.59. The first-order chi connectivity index (χ1) is 11.6. The largest absolute Gasteiger partial charge is 0.507 e. The molecule has 0 fully saturated rings. The fraction of sp³-hybridized carbons (Fsp3) is 0.278. The Labute approximate surface area is 139 Å². The average Bonchev–Trinajstić information content (AvgIpc) is 3.21. The molecule has 0 amide bonds. The lowest BCUT2D eigenvalue weighted by molar-refractivity contribution is 0.285. The minimum Gasteiger partial charge on any atom is -0.507 e. The van der Waals surface area contributed by atoms with Crippen molar-refractivity contribution in [2.45, 2.75) is 19.5 Å². The highest BCUT2D eigenvalue weighted by atomic mass is 19.1. The van der Waals surface area contributed by atoms with Crippen LogP contribution in [-0.4, -0.2) is 33.4 Å². The topological polar surface area (TPSA) is 54.4 Å². The zero-order valence-electron chi connectivity index (χ0n) is 13.5. The van der Waals surface area contributed by atoms with Crippen LogP contribution in [0.25, 0.3) is 11.3 Å². The maximum atomic E-state index is 13.3. The van der Waals surface area contributed by atoms with Gasteiger partial charge in [-0.25, -0.2) is 4.39 Å². The summed E-state index contributed by atoms with van der Waals surface area (Å²) in [5.41, 5.74) is 0.364. The van der Waals surface area contributed by atoms with Gasteiger partial charge in [-0.3, -0.25) is 9.58 Å². The van der Waals surface area contributed by atoms with E-state index in [0.717, 1.165) is 25.3 Å². The first-order valence-electron chi connectivity index (χ1n) is 7.85. The molecule has 24 heavy (non-hydrogen) atoms. The monoisotopic (exact) mass is 329 g/mol. The summed E-state index contributed by atoms with van der Waals surface area (Å²) < 4.78 is 21.0. The molecule has 0 aliphatic carbocycles. The molecule has 0 radical (unpaired) electrons. The molecule has 0 saturated heterocycles. The lowest BCUT2D eigenvalue weighted by Gasteiger charge is -2.14. The van der Waals surface area contributed by atoms with Gasteiger partial charge in [-0.2, -0.15) is 5.10 Å². The van der Waals surface area contributed by atoms with Gasteiger partial charge in [0.2, 0.25) is 0 Å². The number of aromatic hydroxyl groups is 1. The van der Waals surface area contributed by atoms with Crippen LogP contribution in [-0.2, 0) is 13.1 Å². The van der Waals surface area contributed by atoms with Gasteiger partial charge in [0.15, 0.2) is 0 Å². The molecule has 0 saturated carbocycles.